The summed E-state index contributed by atoms with van der Waals surface area (Å²) in [5.41, 5.74) is 5.43. The summed E-state index contributed by atoms with van der Waals surface area (Å²) in [6.07, 6.45) is 2.25. The number of rotatable bonds is 5. The van der Waals surface area contributed by atoms with Gasteiger partial charge in [0.25, 0.3) is 0 Å². The van der Waals surface area contributed by atoms with Crippen LogP contribution in [0.5, 0.6) is 0 Å². The Morgan fingerprint density at radius 1 is 1.67 bits per heavy atom. The molecular formula is C11H18N4O3. The molecule has 0 aliphatic carbocycles. The van der Waals surface area contributed by atoms with E-state index >= 15 is 0 Å². The summed E-state index contributed by atoms with van der Waals surface area (Å²) < 4.78 is 6.70. The molecule has 1 aliphatic rings. The summed E-state index contributed by atoms with van der Waals surface area (Å²) in [4.78, 5) is 11.0. The number of carbonyl (C=O) groups is 1. The lowest BCUT2D eigenvalue weighted by atomic mass is 9.90. The number of nitrogens with two attached hydrogens (primary N) is 1. The van der Waals surface area contributed by atoms with Crippen molar-refractivity contribution < 1.29 is 14.6 Å². The largest absolute Gasteiger partial charge is 0.481 e. The van der Waals surface area contributed by atoms with Gasteiger partial charge in [-0.2, -0.15) is 0 Å². The van der Waals surface area contributed by atoms with E-state index in [9.17, 15) is 4.79 Å². The van der Waals surface area contributed by atoms with Gasteiger partial charge in [-0.05, 0) is 20.3 Å². The van der Waals surface area contributed by atoms with Crippen molar-refractivity contribution in [3.63, 3.8) is 0 Å². The van der Waals surface area contributed by atoms with E-state index in [1.165, 1.54) is 0 Å². The van der Waals surface area contributed by atoms with E-state index < -0.39 is 16.9 Å². The molecule has 2 heterocycles. The molecule has 0 saturated carbocycles. The average Bonchev–Trinajstić information content (AvgIpc) is 2.72. The van der Waals surface area contributed by atoms with Crippen LogP contribution in [0.1, 0.15) is 26.0 Å². The predicted octanol–water partition coefficient (Wildman–Crippen LogP) is -0.0368. The van der Waals surface area contributed by atoms with Gasteiger partial charge in [-0.1, -0.05) is 5.21 Å². The Balaban J connectivity index is 1.97. The third-order valence-electron chi connectivity index (χ3n) is 3.31. The number of aromatic nitrogens is 3. The highest BCUT2D eigenvalue weighted by atomic mass is 16.5. The third-order valence-corrected chi connectivity index (χ3v) is 3.31. The highest BCUT2D eigenvalue weighted by Crippen LogP contribution is 2.25. The van der Waals surface area contributed by atoms with Gasteiger partial charge in [0, 0.05) is 6.54 Å². The van der Waals surface area contributed by atoms with Gasteiger partial charge in [0.1, 0.15) is 11.2 Å². The Kier molecular flexibility index (Phi) is 3.12. The van der Waals surface area contributed by atoms with E-state index in [4.69, 9.17) is 15.6 Å². The minimum Gasteiger partial charge on any atom is -0.481 e. The van der Waals surface area contributed by atoms with Gasteiger partial charge in [0.05, 0.1) is 24.8 Å². The molecule has 0 radical (unpaired) electrons. The van der Waals surface area contributed by atoms with Crippen molar-refractivity contribution in [1.29, 1.82) is 0 Å². The zero-order valence-electron chi connectivity index (χ0n) is 10.6. The smallest absolute Gasteiger partial charge is 0.309 e. The van der Waals surface area contributed by atoms with Gasteiger partial charge in [0.15, 0.2) is 0 Å². The number of ether oxygens (including phenoxy) is 1. The molecule has 2 rings (SSSR count). The lowest BCUT2D eigenvalue weighted by molar-refractivity contribution is -0.147. The minimum absolute atomic E-state index is 0.451. The van der Waals surface area contributed by atoms with E-state index in [0.717, 1.165) is 0 Å². The first kappa shape index (κ1) is 13.0. The maximum atomic E-state index is 11.0. The zero-order valence-corrected chi connectivity index (χ0v) is 10.6. The Bertz CT molecular complexity index is 451. The summed E-state index contributed by atoms with van der Waals surface area (Å²) >= 11 is 0. The Morgan fingerprint density at radius 2 is 2.33 bits per heavy atom. The minimum atomic E-state index is -0.814. The van der Waals surface area contributed by atoms with Gasteiger partial charge >= 0.3 is 5.97 Å². The summed E-state index contributed by atoms with van der Waals surface area (Å²) in [5, 5.41) is 17.0. The molecule has 0 amide bonds. The number of hydrogen-bond donors (Lipinski definition) is 2. The van der Waals surface area contributed by atoms with Gasteiger partial charge < -0.3 is 15.6 Å². The highest BCUT2D eigenvalue weighted by molar-refractivity contribution is 5.73. The second-order valence-corrected chi connectivity index (χ2v) is 5.45. The molecule has 0 aromatic carbocycles. The molecule has 3 N–H and O–H groups in total. The molecule has 1 aromatic heterocycles. The highest BCUT2D eigenvalue weighted by Gasteiger charge is 2.39. The normalized spacial score (nSPS) is 18.4. The van der Waals surface area contributed by atoms with Crippen LogP contribution in [0.2, 0.25) is 0 Å². The topological polar surface area (TPSA) is 103 Å². The fourth-order valence-corrected chi connectivity index (χ4v) is 1.61. The average molecular weight is 254 g/mol. The zero-order chi connectivity index (χ0) is 13.4. The second-order valence-electron chi connectivity index (χ2n) is 5.45. The maximum Gasteiger partial charge on any atom is 0.309 e. The molecule has 0 atom stereocenters. The summed E-state index contributed by atoms with van der Waals surface area (Å²) in [5.74, 6) is -0.814. The Morgan fingerprint density at radius 3 is 2.83 bits per heavy atom. The predicted molar refractivity (Wildman–Crippen MR) is 62.7 cm³/mol. The van der Waals surface area contributed by atoms with Crippen molar-refractivity contribution in [2.24, 2.45) is 11.1 Å². The van der Waals surface area contributed by atoms with Gasteiger partial charge in [0.2, 0.25) is 0 Å². The monoisotopic (exact) mass is 254 g/mol. The van der Waals surface area contributed by atoms with Crippen molar-refractivity contribution in [1.82, 2.24) is 15.0 Å². The summed E-state index contributed by atoms with van der Waals surface area (Å²) in [6.45, 7) is 4.79. The lowest BCUT2D eigenvalue weighted by Gasteiger charge is -2.35. The fraction of sp³-hybridized carbons (Fsp3) is 0.727. The van der Waals surface area contributed by atoms with Gasteiger partial charge in [-0.15, -0.1) is 5.10 Å². The van der Waals surface area contributed by atoms with Crippen LogP contribution in [-0.4, -0.2) is 39.3 Å². The maximum absolute atomic E-state index is 11.0. The van der Waals surface area contributed by atoms with Crippen LogP contribution in [0.25, 0.3) is 0 Å². The van der Waals surface area contributed by atoms with Crippen molar-refractivity contribution >= 4 is 5.97 Å². The summed E-state index contributed by atoms with van der Waals surface area (Å²) in [7, 11) is 0. The quantitative estimate of drug-likeness (QED) is 0.764. The van der Waals surface area contributed by atoms with Crippen LogP contribution in [0.15, 0.2) is 6.20 Å². The molecule has 18 heavy (non-hydrogen) atoms. The molecular weight excluding hydrogens is 236 g/mol. The van der Waals surface area contributed by atoms with Gasteiger partial charge in [-0.25, -0.2) is 0 Å². The van der Waals surface area contributed by atoms with Crippen molar-refractivity contribution in [2.45, 2.75) is 32.4 Å². The molecule has 1 fully saturated rings. The van der Waals surface area contributed by atoms with Crippen LogP contribution in [0.3, 0.4) is 0 Å². The molecule has 100 valence electrons. The van der Waals surface area contributed by atoms with Crippen molar-refractivity contribution in [3.05, 3.63) is 11.9 Å². The SMILES string of the molecule is CC(C)(CCn1cc(C2(N)COC2)nn1)C(=O)O. The first-order chi connectivity index (χ1) is 8.33. The van der Waals surface area contributed by atoms with Crippen LogP contribution >= 0.6 is 0 Å². The molecule has 7 heteroatoms. The van der Waals surface area contributed by atoms with E-state index in [2.05, 4.69) is 10.3 Å². The number of carboxylic acids is 1. The number of nitrogens with zero attached hydrogens (tertiary/aromatic N) is 3. The van der Waals surface area contributed by atoms with E-state index in [-0.39, 0.29) is 0 Å². The molecule has 0 bridgehead atoms. The first-order valence-corrected chi connectivity index (χ1v) is 5.84. The van der Waals surface area contributed by atoms with Crippen LogP contribution in [0.4, 0.5) is 0 Å². The summed E-state index contributed by atoms with van der Waals surface area (Å²) in [6, 6.07) is 0. The number of hydrogen-bond acceptors (Lipinski definition) is 5. The van der Waals surface area contributed by atoms with Crippen LogP contribution in [-0.2, 0) is 21.6 Å². The molecule has 7 nitrogen and oxygen atoms in total. The van der Waals surface area contributed by atoms with E-state index in [0.29, 0.717) is 31.9 Å². The Hall–Kier alpha value is -1.47. The molecule has 1 saturated heterocycles. The number of aliphatic carboxylic acids is 1. The van der Waals surface area contributed by atoms with Gasteiger partial charge in [-0.3, -0.25) is 9.48 Å². The standard InChI is InChI=1S/C11H18N4O3/c1-10(2,9(16)17)3-4-15-5-8(13-14-15)11(12)6-18-7-11/h5H,3-4,6-7,12H2,1-2H3,(H,16,17). The van der Waals surface area contributed by atoms with Crippen molar-refractivity contribution in [2.75, 3.05) is 13.2 Å². The van der Waals surface area contributed by atoms with E-state index in [1.54, 1.807) is 24.7 Å². The third kappa shape index (κ3) is 2.37. The van der Waals surface area contributed by atoms with Crippen LogP contribution < -0.4 is 5.73 Å². The molecule has 0 spiro atoms. The van der Waals surface area contributed by atoms with Crippen molar-refractivity contribution in [3.8, 4) is 0 Å². The van der Waals surface area contributed by atoms with Crippen LogP contribution in [0, 0.1) is 5.41 Å². The fourth-order valence-electron chi connectivity index (χ4n) is 1.61. The van der Waals surface area contributed by atoms with E-state index in [1.807, 2.05) is 0 Å². The second kappa shape index (κ2) is 4.33. The molecule has 1 aliphatic heterocycles. The molecule has 1 aromatic rings. The first-order valence-electron chi connectivity index (χ1n) is 5.84. The number of aryl methyl sites for hydroxylation is 1. The number of carboxylic acid groups (broad SMARTS) is 1. The molecule has 0 unspecified atom stereocenters. The lowest BCUT2D eigenvalue weighted by Crippen LogP contribution is -2.54. The Labute approximate surface area is 105 Å².